The van der Waals surface area contributed by atoms with Gasteiger partial charge in [0.05, 0.1) is 0 Å². The van der Waals surface area contributed by atoms with E-state index in [-0.39, 0.29) is 47.3 Å². The van der Waals surface area contributed by atoms with Crippen molar-refractivity contribution in [2.24, 2.45) is 0 Å². The Morgan fingerprint density at radius 2 is 1.03 bits per heavy atom. The van der Waals surface area contributed by atoms with Gasteiger partial charge in [0.25, 0.3) is 9.84 Å². The van der Waals surface area contributed by atoms with Crippen molar-refractivity contribution in [2.45, 2.75) is 27.2 Å². The van der Waals surface area contributed by atoms with Gasteiger partial charge in [-0.15, -0.1) is 0 Å². The van der Waals surface area contributed by atoms with E-state index in [1.165, 1.54) is 30.3 Å². The number of halogens is 10. The van der Waals surface area contributed by atoms with E-state index in [1.54, 1.807) is 0 Å². The van der Waals surface area contributed by atoms with Gasteiger partial charge in [-0.25, -0.2) is 25.6 Å². The van der Waals surface area contributed by atoms with Gasteiger partial charge in [-0.2, -0.15) is 35.1 Å². The fourth-order valence-corrected chi connectivity index (χ4v) is 4.23. The average molecular weight is 556 g/mol. The molecule has 0 aliphatic heterocycles. The Labute approximate surface area is 206 Å². The van der Waals surface area contributed by atoms with Gasteiger partial charge in [0.15, 0.2) is 10.1 Å². The molecule has 0 N–H and O–H groups in total. The molecule has 0 atom stereocenters. The summed E-state index contributed by atoms with van der Waals surface area (Å²) in [5.74, 6) is -20.7. The van der Waals surface area contributed by atoms with Crippen LogP contribution in [-0.4, -0.2) is 43.7 Å². The Kier molecular flexibility index (Phi) is 8.32. The Morgan fingerprint density at radius 1 is 0.647 bits per heavy atom. The van der Waals surface area contributed by atoms with Gasteiger partial charge in [0, 0.05) is 0 Å². The number of rotatable bonds is 7. The van der Waals surface area contributed by atoms with E-state index in [9.17, 15) is 65.3 Å². The van der Waals surface area contributed by atoms with Gasteiger partial charge in [0.1, 0.15) is 16.5 Å². The molecule has 2 rings (SSSR count). The third-order valence-electron chi connectivity index (χ3n) is 4.15. The van der Waals surface area contributed by atoms with Crippen molar-refractivity contribution in [3.05, 3.63) is 54.1 Å². The maximum absolute atomic E-state index is 14.3. The second-order valence-electron chi connectivity index (χ2n) is 6.27. The van der Waals surface area contributed by atoms with E-state index in [4.69, 9.17) is 0 Å². The van der Waals surface area contributed by atoms with Crippen LogP contribution in [0.15, 0.2) is 47.4 Å². The molecular formula is C16H7F10NaO5S2. The van der Waals surface area contributed by atoms with Gasteiger partial charge in [-0.3, -0.25) is 0 Å². The molecule has 0 heterocycles. The van der Waals surface area contributed by atoms with E-state index in [2.05, 4.69) is 0 Å². The van der Waals surface area contributed by atoms with Crippen LogP contribution < -0.4 is 29.6 Å². The van der Waals surface area contributed by atoms with Gasteiger partial charge in [-0.1, -0.05) is 30.3 Å². The molecular weight excluding hydrogens is 549 g/mol. The molecule has 2 aromatic rings. The van der Waals surface area contributed by atoms with E-state index < -0.39 is 64.4 Å². The Bertz CT molecular complexity index is 1260. The van der Waals surface area contributed by atoms with Crippen molar-refractivity contribution in [3.8, 4) is 11.1 Å². The molecule has 0 bridgehead atoms. The van der Waals surface area contributed by atoms with Crippen LogP contribution in [0.1, 0.15) is 0 Å². The molecule has 0 aliphatic carbocycles. The summed E-state index contributed by atoms with van der Waals surface area (Å²) in [4.78, 5) is -2.89. The molecule has 0 radical (unpaired) electrons. The summed E-state index contributed by atoms with van der Waals surface area (Å²) in [6, 6.07) is 6.54. The van der Waals surface area contributed by atoms with Crippen molar-refractivity contribution in [1.29, 1.82) is 0 Å². The van der Waals surface area contributed by atoms with Crippen LogP contribution in [0.2, 0.25) is 0 Å². The van der Waals surface area contributed by atoms with E-state index in [0.29, 0.717) is 0 Å². The fourth-order valence-electron chi connectivity index (χ4n) is 2.43. The first-order chi connectivity index (χ1) is 14.6. The van der Waals surface area contributed by atoms with Crippen LogP contribution in [0, 0.1) is 11.6 Å². The normalized spacial score (nSPS) is 14.0. The molecule has 2 aromatic carbocycles. The molecule has 0 aliphatic rings. The minimum absolute atomic E-state index is 0. The second kappa shape index (κ2) is 9.24. The molecule has 5 nitrogen and oxygen atoms in total. The summed E-state index contributed by atoms with van der Waals surface area (Å²) in [6.07, 6.45) is 0. The van der Waals surface area contributed by atoms with Gasteiger partial charge in [-0.05, 0) is 23.3 Å². The summed E-state index contributed by atoms with van der Waals surface area (Å²) < 4.78 is 192. The zero-order valence-corrected chi connectivity index (χ0v) is 19.8. The van der Waals surface area contributed by atoms with Crippen molar-refractivity contribution in [1.82, 2.24) is 0 Å². The summed E-state index contributed by atoms with van der Waals surface area (Å²) in [6.45, 7) is 0. The predicted molar refractivity (Wildman–Crippen MR) is 88.5 cm³/mol. The largest absolute Gasteiger partial charge is 1.00 e. The van der Waals surface area contributed by atoms with E-state index in [1.807, 2.05) is 0 Å². The monoisotopic (exact) mass is 556 g/mol. The first-order valence-electron chi connectivity index (χ1n) is 7.90. The summed E-state index contributed by atoms with van der Waals surface area (Å²) in [7, 11) is -15.3. The molecule has 18 heteroatoms. The molecule has 0 amide bonds. The number of alkyl halides is 8. The van der Waals surface area contributed by atoms with Gasteiger partial charge in [0.2, 0.25) is 0 Å². The number of hydrogen-bond acceptors (Lipinski definition) is 5. The summed E-state index contributed by atoms with van der Waals surface area (Å²) >= 11 is 0. The third kappa shape index (κ3) is 4.45. The minimum atomic E-state index is -7.85. The van der Waals surface area contributed by atoms with Crippen molar-refractivity contribution in [3.63, 3.8) is 0 Å². The number of sulfone groups is 1. The number of benzene rings is 2. The minimum Gasteiger partial charge on any atom is -0.743 e. The smallest absolute Gasteiger partial charge is 0.743 e. The zero-order chi connectivity index (χ0) is 25.8. The standard InChI is InChI=1S/C16H8F10O5S2.Na/c17-10-6-9(8-4-2-1-3-5-8)7-11(18)12(10)32(27,28)15(23,24)13(19,20)14(21,22)16(25,26)33(29,30)31;/h1-7H,(H,29,30,31);/q;+1/p-1. The van der Waals surface area contributed by atoms with Gasteiger partial charge < -0.3 is 4.55 Å². The molecule has 34 heavy (non-hydrogen) atoms. The van der Waals surface area contributed by atoms with Crippen LogP contribution in [-0.2, 0) is 20.0 Å². The van der Waals surface area contributed by atoms with Crippen molar-refractivity contribution < 1.29 is 94.8 Å². The molecule has 0 aromatic heterocycles. The van der Waals surface area contributed by atoms with Gasteiger partial charge >= 0.3 is 51.9 Å². The Morgan fingerprint density at radius 3 is 1.41 bits per heavy atom. The van der Waals surface area contributed by atoms with Crippen LogP contribution in [0.4, 0.5) is 43.9 Å². The first kappa shape index (κ1) is 30.6. The molecule has 0 saturated heterocycles. The van der Waals surface area contributed by atoms with Crippen molar-refractivity contribution >= 4 is 20.0 Å². The quantitative estimate of drug-likeness (QED) is 0.293. The average Bonchev–Trinajstić information content (AvgIpc) is 2.66. The van der Waals surface area contributed by atoms with Crippen LogP contribution >= 0.6 is 0 Å². The SMILES string of the molecule is O=S(=O)([O-])C(F)(F)C(F)(F)C(F)(F)C(F)(F)S(=O)(=O)c1c(F)cc(-c2ccccc2)cc1F.[Na+]. The molecule has 0 unspecified atom stereocenters. The third-order valence-corrected chi connectivity index (χ3v) is 6.89. The summed E-state index contributed by atoms with van der Waals surface area (Å²) in [5, 5.41) is -14.9. The fraction of sp³-hybridized carbons (Fsp3) is 0.250. The molecule has 184 valence electrons. The van der Waals surface area contributed by atoms with Crippen LogP contribution in [0.3, 0.4) is 0 Å². The topological polar surface area (TPSA) is 91.3 Å². The Hall–Kier alpha value is -1.40. The first-order valence-corrected chi connectivity index (χ1v) is 10.8. The number of hydrogen-bond donors (Lipinski definition) is 0. The molecule has 0 fully saturated rings. The maximum Gasteiger partial charge on any atom is 1.00 e. The second-order valence-corrected chi connectivity index (χ2v) is 9.62. The molecule has 0 saturated carbocycles. The molecule has 0 spiro atoms. The van der Waals surface area contributed by atoms with Crippen LogP contribution in [0.5, 0.6) is 0 Å². The summed E-state index contributed by atoms with van der Waals surface area (Å²) in [5.41, 5.74) is -0.558. The maximum atomic E-state index is 14.3. The van der Waals surface area contributed by atoms with Crippen molar-refractivity contribution in [2.75, 3.05) is 0 Å². The predicted octanol–water partition coefficient (Wildman–Crippen LogP) is 1.41. The van der Waals surface area contributed by atoms with E-state index in [0.717, 1.165) is 0 Å². The Balaban J connectivity index is 0.00000578. The van der Waals surface area contributed by atoms with Crippen LogP contribution in [0.25, 0.3) is 11.1 Å². The van der Waals surface area contributed by atoms with E-state index >= 15 is 0 Å². The zero-order valence-electron chi connectivity index (χ0n) is 16.2.